The van der Waals surface area contributed by atoms with Crippen LogP contribution in [0.2, 0.25) is 5.02 Å². The van der Waals surface area contributed by atoms with Gasteiger partial charge in [-0.05, 0) is 31.9 Å². The quantitative estimate of drug-likeness (QED) is 0.814. The van der Waals surface area contributed by atoms with Crippen molar-refractivity contribution in [3.05, 3.63) is 34.2 Å². The first-order valence-electron chi connectivity index (χ1n) is 8.22. The van der Waals surface area contributed by atoms with Gasteiger partial charge in [-0.2, -0.15) is 0 Å². The fourth-order valence-corrected chi connectivity index (χ4v) is 4.23. The molecule has 3 rings (SSSR count). The standard InChI is InChI=1S/C18H19ClN2O3S/c1-10-15(11-6-8-12(19)9-7-11)20-18(25-10)21-16(22)13-4-2-3-5-14(13)17(23)24/h6-9,13-14H,2-5H2,1H3,(H,23,24)(H,20,21,22). The van der Waals surface area contributed by atoms with Crippen LogP contribution in [0.15, 0.2) is 24.3 Å². The van der Waals surface area contributed by atoms with E-state index in [0.29, 0.717) is 23.0 Å². The summed E-state index contributed by atoms with van der Waals surface area (Å²) >= 11 is 7.31. The Balaban J connectivity index is 1.77. The number of carbonyl (C=O) groups is 2. The number of aliphatic carboxylic acids is 1. The summed E-state index contributed by atoms with van der Waals surface area (Å²) in [7, 11) is 0. The highest BCUT2D eigenvalue weighted by molar-refractivity contribution is 7.16. The molecule has 0 aliphatic heterocycles. The number of carbonyl (C=O) groups excluding carboxylic acids is 1. The topological polar surface area (TPSA) is 79.3 Å². The van der Waals surface area contributed by atoms with Crippen molar-refractivity contribution in [2.45, 2.75) is 32.6 Å². The molecule has 25 heavy (non-hydrogen) atoms. The lowest BCUT2D eigenvalue weighted by Gasteiger charge is -2.26. The summed E-state index contributed by atoms with van der Waals surface area (Å²) in [5.74, 6) is -2.24. The Bertz CT molecular complexity index is 788. The molecule has 0 spiro atoms. The number of hydrogen-bond donors (Lipinski definition) is 2. The van der Waals surface area contributed by atoms with Gasteiger partial charge in [0.25, 0.3) is 0 Å². The number of thiazole rings is 1. The highest BCUT2D eigenvalue weighted by Gasteiger charge is 2.36. The normalized spacial score (nSPS) is 20.2. The minimum absolute atomic E-state index is 0.247. The van der Waals surface area contributed by atoms with E-state index in [4.69, 9.17) is 11.6 Å². The van der Waals surface area contributed by atoms with Gasteiger partial charge in [0.15, 0.2) is 5.13 Å². The number of rotatable bonds is 4. The molecule has 1 aromatic carbocycles. The number of anilines is 1. The van der Waals surface area contributed by atoms with E-state index in [2.05, 4.69) is 10.3 Å². The lowest BCUT2D eigenvalue weighted by molar-refractivity contribution is -0.147. The highest BCUT2D eigenvalue weighted by atomic mass is 35.5. The lowest BCUT2D eigenvalue weighted by Crippen LogP contribution is -2.36. The first-order chi connectivity index (χ1) is 12.0. The number of carboxylic acid groups (broad SMARTS) is 1. The summed E-state index contributed by atoms with van der Waals surface area (Å²) in [5.41, 5.74) is 1.73. The van der Waals surface area contributed by atoms with Gasteiger partial charge in [-0.3, -0.25) is 9.59 Å². The van der Waals surface area contributed by atoms with Crippen molar-refractivity contribution in [3.8, 4) is 11.3 Å². The van der Waals surface area contributed by atoms with Crippen LogP contribution in [-0.4, -0.2) is 22.0 Å². The Morgan fingerprint density at radius 1 is 1.20 bits per heavy atom. The molecule has 0 radical (unpaired) electrons. The number of hydrogen-bond acceptors (Lipinski definition) is 4. The molecule has 0 saturated heterocycles. The van der Waals surface area contributed by atoms with Gasteiger partial charge in [0.1, 0.15) is 0 Å². The van der Waals surface area contributed by atoms with E-state index in [1.54, 1.807) is 12.1 Å². The second-order valence-corrected chi connectivity index (χ2v) is 7.90. The number of benzene rings is 1. The number of carboxylic acids is 1. The van der Waals surface area contributed by atoms with Crippen LogP contribution in [0.25, 0.3) is 11.3 Å². The zero-order valence-corrected chi connectivity index (χ0v) is 15.4. The number of nitrogens with one attached hydrogen (secondary N) is 1. The number of aromatic nitrogens is 1. The van der Waals surface area contributed by atoms with Crippen molar-refractivity contribution >= 4 is 39.9 Å². The van der Waals surface area contributed by atoms with Gasteiger partial charge >= 0.3 is 5.97 Å². The maximum Gasteiger partial charge on any atom is 0.307 e. The van der Waals surface area contributed by atoms with Gasteiger partial charge < -0.3 is 10.4 Å². The Morgan fingerprint density at radius 3 is 2.48 bits per heavy atom. The van der Waals surface area contributed by atoms with E-state index in [-0.39, 0.29) is 5.91 Å². The highest BCUT2D eigenvalue weighted by Crippen LogP contribution is 2.34. The van der Waals surface area contributed by atoms with E-state index >= 15 is 0 Å². The van der Waals surface area contributed by atoms with E-state index in [9.17, 15) is 14.7 Å². The predicted molar refractivity (Wildman–Crippen MR) is 99.0 cm³/mol. The first kappa shape index (κ1) is 17.9. The summed E-state index contributed by atoms with van der Waals surface area (Å²) < 4.78 is 0. The van der Waals surface area contributed by atoms with Crippen molar-refractivity contribution in [2.75, 3.05) is 5.32 Å². The lowest BCUT2D eigenvalue weighted by atomic mass is 9.79. The minimum Gasteiger partial charge on any atom is -0.481 e. The third-order valence-electron chi connectivity index (χ3n) is 4.56. The van der Waals surface area contributed by atoms with Crippen molar-refractivity contribution in [3.63, 3.8) is 0 Å². The predicted octanol–water partition coefficient (Wildman–Crippen LogP) is 4.60. The van der Waals surface area contributed by atoms with Gasteiger partial charge in [-0.1, -0.05) is 36.6 Å². The van der Waals surface area contributed by atoms with Gasteiger partial charge in [-0.15, -0.1) is 11.3 Å². The van der Waals surface area contributed by atoms with Crippen molar-refractivity contribution in [1.82, 2.24) is 4.98 Å². The molecule has 1 amide bonds. The molecule has 2 N–H and O–H groups in total. The first-order valence-corrected chi connectivity index (χ1v) is 9.42. The molecule has 5 nitrogen and oxygen atoms in total. The molecule has 1 aromatic heterocycles. The Labute approximate surface area is 155 Å². The Morgan fingerprint density at radius 2 is 1.84 bits per heavy atom. The SMILES string of the molecule is Cc1sc(NC(=O)C2CCCCC2C(=O)O)nc1-c1ccc(Cl)cc1. The molecular weight excluding hydrogens is 360 g/mol. The van der Waals surface area contributed by atoms with Gasteiger partial charge in [0, 0.05) is 15.5 Å². The summed E-state index contributed by atoms with van der Waals surface area (Å²) in [6, 6.07) is 7.37. The van der Waals surface area contributed by atoms with Crippen LogP contribution in [0.1, 0.15) is 30.6 Å². The second kappa shape index (κ2) is 7.54. The number of halogens is 1. The zero-order valence-electron chi connectivity index (χ0n) is 13.8. The molecule has 1 heterocycles. The molecule has 2 aromatic rings. The molecule has 1 aliphatic carbocycles. The number of amides is 1. The van der Waals surface area contributed by atoms with Crippen LogP contribution in [-0.2, 0) is 9.59 Å². The van der Waals surface area contributed by atoms with Crippen LogP contribution < -0.4 is 5.32 Å². The average molecular weight is 379 g/mol. The molecule has 1 fully saturated rings. The molecule has 2 atom stereocenters. The van der Waals surface area contributed by atoms with Crippen molar-refractivity contribution in [2.24, 2.45) is 11.8 Å². The van der Waals surface area contributed by atoms with Crippen LogP contribution >= 0.6 is 22.9 Å². The summed E-state index contributed by atoms with van der Waals surface area (Å²) in [6.45, 7) is 1.94. The Kier molecular flexibility index (Phi) is 5.39. The maximum atomic E-state index is 12.6. The largest absolute Gasteiger partial charge is 0.481 e. The van der Waals surface area contributed by atoms with Crippen molar-refractivity contribution in [1.29, 1.82) is 0 Å². The maximum absolute atomic E-state index is 12.6. The van der Waals surface area contributed by atoms with Crippen LogP contribution in [0.3, 0.4) is 0 Å². The molecule has 1 saturated carbocycles. The molecule has 132 valence electrons. The Hall–Kier alpha value is -1.92. The molecule has 1 aliphatic rings. The third-order valence-corrected chi connectivity index (χ3v) is 5.70. The van der Waals surface area contributed by atoms with Gasteiger partial charge in [-0.25, -0.2) is 4.98 Å². The van der Waals surface area contributed by atoms with Crippen LogP contribution in [0.4, 0.5) is 5.13 Å². The van der Waals surface area contributed by atoms with E-state index < -0.39 is 17.8 Å². The van der Waals surface area contributed by atoms with Crippen LogP contribution in [0, 0.1) is 18.8 Å². The summed E-state index contributed by atoms with van der Waals surface area (Å²) in [6.07, 6.45) is 2.91. The number of nitrogens with zero attached hydrogens (tertiary/aromatic N) is 1. The van der Waals surface area contributed by atoms with Crippen molar-refractivity contribution < 1.29 is 14.7 Å². The fraction of sp³-hybridized carbons (Fsp3) is 0.389. The molecule has 2 unspecified atom stereocenters. The van der Waals surface area contributed by atoms with E-state index in [1.165, 1.54) is 11.3 Å². The van der Waals surface area contributed by atoms with E-state index in [0.717, 1.165) is 29.0 Å². The minimum atomic E-state index is -0.892. The monoisotopic (exact) mass is 378 g/mol. The smallest absolute Gasteiger partial charge is 0.307 e. The average Bonchev–Trinajstić information content (AvgIpc) is 2.95. The zero-order chi connectivity index (χ0) is 18.0. The molecule has 7 heteroatoms. The summed E-state index contributed by atoms with van der Waals surface area (Å²) in [4.78, 5) is 29.4. The fourth-order valence-electron chi connectivity index (χ4n) is 3.26. The van der Waals surface area contributed by atoms with Gasteiger partial charge in [0.2, 0.25) is 5.91 Å². The second-order valence-electron chi connectivity index (χ2n) is 6.26. The van der Waals surface area contributed by atoms with E-state index in [1.807, 2.05) is 19.1 Å². The van der Waals surface area contributed by atoms with Gasteiger partial charge in [0.05, 0.1) is 17.5 Å². The number of aryl methyl sites for hydroxylation is 1. The summed E-state index contributed by atoms with van der Waals surface area (Å²) in [5, 5.41) is 13.3. The molecular formula is C18H19ClN2O3S. The van der Waals surface area contributed by atoms with Crippen LogP contribution in [0.5, 0.6) is 0 Å². The molecule has 0 bridgehead atoms. The third kappa shape index (κ3) is 4.02.